The standard InChI is InChI=1S/C19H20N2O3S/c1-2-3-7-10-24-17(22)12-21-13-20-18-15(19(21)23)11-16(25-18)14-8-5-4-6-9-14/h4-6,8-9,11,13H,2-3,7,10,12H2,1H3. The van der Waals surface area contributed by atoms with Crippen molar-refractivity contribution >= 4 is 27.5 Å². The van der Waals surface area contributed by atoms with E-state index in [0.29, 0.717) is 16.8 Å². The Labute approximate surface area is 149 Å². The number of fused-ring (bicyclic) bond motifs is 1. The lowest BCUT2D eigenvalue weighted by atomic mass is 10.2. The van der Waals surface area contributed by atoms with Crippen molar-refractivity contribution in [2.24, 2.45) is 0 Å². The third-order valence-corrected chi connectivity index (χ3v) is 4.98. The molecule has 0 N–H and O–H groups in total. The fourth-order valence-electron chi connectivity index (χ4n) is 2.54. The largest absolute Gasteiger partial charge is 0.464 e. The summed E-state index contributed by atoms with van der Waals surface area (Å²) in [5, 5.41) is 0.533. The molecule has 1 aromatic carbocycles. The van der Waals surface area contributed by atoms with E-state index in [2.05, 4.69) is 11.9 Å². The highest BCUT2D eigenvalue weighted by Gasteiger charge is 2.12. The van der Waals surface area contributed by atoms with E-state index in [1.807, 2.05) is 36.4 Å². The van der Waals surface area contributed by atoms with Gasteiger partial charge in [0.2, 0.25) is 0 Å². The minimum Gasteiger partial charge on any atom is -0.464 e. The number of hydrogen-bond acceptors (Lipinski definition) is 5. The Hall–Kier alpha value is -2.47. The van der Waals surface area contributed by atoms with Gasteiger partial charge in [0.1, 0.15) is 11.4 Å². The van der Waals surface area contributed by atoms with E-state index in [9.17, 15) is 9.59 Å². The second-order valence-corrected chi connectivity index (χ2v) is 6.83. The van der Waals surface area contributed by atoms with Crippen LogP contribution in [-0.4, -0.2) is 22.1 Å². The van der Waals surface area contributed by atoms with Crippen LogP contribution < -0.4 is 5.56 Å². The normalized spacial score (nSPS) is 10.9. The van der Waals surface area contributed by atoms with Crippen LogP contribution in [0.15, 0.2) is 47.5 Å². The van der Waals surface area contributed by atoms with Crippen molar-refractivity contribution in [3.63, 3.8) is 0 Å². The number of ether oxygens (including phenoxy) is 1. The molecule has 2 aromatic heterocycles. The summed E-state index contributed by atoms with van der Waals surface area (Å²) in [6.45, 7) is 2.38. The summed E-state index contributed by atoms with van der Waals surface area (Å²) in [5.41, 5.74) is 0.834. The van der Waals surface area contributed by atoms with Crippen LogP contribution in [0.2, 0.25) is 0 Å². The first-order chi connectivity index (χ1) is 12.2. The summed E-state index contributed by atoms with van der Waals surface area (Å²) in [6, 6.07) is 11.7. The third kappa shape index (κ3) is 4.14. The van der Waals surface area contributed by atoms with Gasteiger partial charge in [-0.05, 0) is 18.1 Å². The Morgan fingerprint density at radius 1 is 1.24 bits per heavy atom. The van der Waals surface area contributed by atoms with Crippen molar-refractivity contribution in [2.45, 2.75) is 32.7 Å². The van der Waals surface area contributed by atoms with Crippen LogP contribution in [0.4, 0.5) is 0 Å². The summed E-state index contributed by atoms with van der Waals surface area (Å²) >= 11 is 1.47. The van der Waals surface area contributed by atoms with E-state index >= 15 is 0 Å². The maximum Gasteiger partial charge on any atom is 0.326 e. The molecule has 0 spiro atoms. The topological polar surface area (TPSA) is 61.2 Å². The average Bonchev–Trinajstić information content (AvgIpc) is 3.07. The van der Waals surface area contributed by atoms with Crippen molar-refractivity contribution in [2.75, 3.05) is 6.61 Å². The minimum absolute atomic E-state index is 0.107. The molecule has 130 valence electrons. The minimum atomic E-state index is -0.405. The van der Waals surface area contributed by atoms with E-state index in [1.54, 1.807) is 0 Å². The van der Waals surface area contributed by atoms with Gasteiger partial charge in [0, 0.05) is 4.88 Å². The predicted octanol–water partition coefficient (Wildman–Crippen LogP) is 3.86. The Balaban J connectivity index is 1.78. The number of aromatic nitrogens is 2. The van der Waals surface area contributed by atoms with Crippen LogP contribution in [0.5, 0.6) is 0 Å². The molecule has 25 heavy (non-hydrogen) atoms. The lowest BCUT2D eigenvalue weighted by Crippen LogP contribution is -2.25. The number of nitrogens with zero attached hydrogens (tertiary/aromatic N) is 2. The van der Waals surface area contributed by atoms with Crippen molar-refractivity contribution < 1.29 is 9.53 Å². The maximum atomic E-state index is 12.6. The highest BCUT2D eigenvalue weighted by molar-refractivity contribution is 7.21. The molecule has 0 atom stereocenters. The monoisotopic (exact) mass is 356 g/mol. The molecule has 0 aliphatic rings. The summed E-state index contributed by atoms with van der Waals surface area (Å²) in [4.78, 5) is 30.5. The maximum absolute atomic E-state index is 12.6. The highest BCUT2D eigenvalue weighted by atomic mass is 32.1. The number of carbonyl (C=O) groups is 1. The number of unbranched alkanes of at least 4 members (excludes halogenated alkanes) is 2. The lowest BCUT2D eigenvalue weighted by Gasteiger charge is -2.06. The van der Waals surface area contributed by atoms with E-state index in [-0.39, 0.29) is 12.1 Å². The fraction of sp³-hybridized carbons (Fsp3) is 0.316. The number of benzene rings is 1. The van der Waals surface area contributed by atoms with Crippen LogP contribution in [0.1, 0.15) is 26.2 Å². The molecule has 0 bridgehead atoms. The zero-order chi connectivity index (χ0) is 17.6. The molecular formula is C19H20N2O3S. The molecule has 0 saturated heterocycles. The second kappa shape index (κ2) is 8.07. The fourth-order valence-corrected chi connectivity index (χ4v) is 3.53. The van der Waals surface area contributed by atoms with Gasteiger partial charge in [-0.25, -0.2) is 4.98 Å². The third-order valence-electron chi connectivity index (χ3n) is 3.89. The van der Waals surface area contributed by atoms with Gasteiger partial charge >= 0.3 is 5.97 Å². The number of thiophene rings is 1. The Bertz CT molecular complexity index is 915. The quantitative estimate of drug-likeness (QED) is 0.476. The van der Waals surface area contributed by atoms with Gasteiger partial charge in [-0.15, -0.1) is 11.3 Å². The summed E-state index contributed by atoms with van der Waals surface area (Å²) in [6.07, 6.45) is 4.36. The molecular weight excluding hydrogens is 336 g/mol. The zero-order valence-electron chi connectivity index (χ0n) is 14.1. The molecule has 0 aliphatic heterocycles. The number of carbonyl (C=O) groups excluding carboxylic acids is 1. The summed E-state index contributed by atoms with van der Waals surface area (Å²) in [5.74, 6) is -0.405. The number of hydrogen-bond donors (Lipinski definition) is 0. The highest BCUT2D eigenvalue weighted by Crippen LogP contribution is 2.30. The van der Waals surface area contributed by atoms with Gasteiger partial charge in [0.05, 0.1) is 18.3 Å². The van der Waals surface area contributed by atoms with E-state index in [4.69, 9.17) is 4.74 Å². The molecule has 3 aromatic rings. The molecule has 5 nitrogen and oxygen atoms in total. The Kier molecular flexibility index (Phi) is 5.60. The summed E-state index contributed by atoms with van der Waals surface area (Å²) in [7, 11) is 0. The molecule has 0 radical (unpaired) electrons. The van der Waals surface area contributed by atoms with E-state index in [0.717, 1.165) is 29.7 Å². The molecule has 0 amide bonds. The second-order valence-electron chi connectivity index (χ2n) is 5.80. The van der Waals surface area contributed by atoms with Crippen LogP contribution in [0.25, 0.3) is 20.7 Å². The van der Waals surface area contributed by atoms with Crippen molar-refractivity contribution in [1.82, 2.24) is 9.55 Å². The number of rotatable bonds is 7. The van der Waals surface area contributed by atoms with Gasteiger partial charge in [-0.3, -0.25) is 14.2 Å². The van der Waals surface area contributed by atoms with Crippen molar-refractivity contribution in [3.05, 3.63) is 53.1 Å². The van der Waals surface area contributed by atoms with Crippen molar-refractivity contribution in [3.8, 4) is 10.4 Å². The van der Waals surface area contributed by atoms with Crippen LogP contribution in [0.3, 0.4) is 0 Å². The zero-order valence-corrected chi connectivity index (χ0v) is 14.9. The average molecular weight is 356 g/mol. The van der Waals surface area contributed by atoms with Gasteiger partial charge in [-0.1, -0.05) is 50.1 Å². The first kappa shape index (κ1) is 17.4. The van der Waals surface area contributed by atoms with Crippen LogP contribution in [-0.2, 0) is 16.1 Å². The molecule has 0 saturated carbocycles. The SMILES string of the molecule is CCCCCOC(=O)Cn1cnc2sc(-c3ccccc3)cc2c1=O. The van der Waals surface area contributed by atoms with Crippen LogP contribution in [0, 0.1) is 0 Å². The van der Waals surface area contributed by atoms with E-state index < -0.39 is 5.97 Å². The van der Waals surface area contributed by atoms with Gasteiger partial charge in [0.25, 0.3) is 5.56 Å². The molecule has 3 rings (SSSR count). The first-order valence-corrected chi connectivity index (χ1v) is 9.20. The van der Waals surface area contributed by atoms with Gasteiger partial charge in [0.15, 0.2) is 0 Å². The molecule has 0 fully saturated rings. The predicted molar refractivity (Wildman–Crippen MR) is 99.8 cm³/mol. The molecule has 2 heterocycles. The molecule has 0 aliphatic carbocycles. The van der Waals surface area contributed by atoms with Gasteiger partial charge < -0.3 is 4.74 Å². The lowest BCUT2D eigenvalue weighted by molar-refractivity contribution is -0.144. The smallest absolute Gasteiger partial charge is 0.326 e. The number of esters is 1. The van der Waals surface area contributed by atoms with E-state index in [1.165, 1.54) is 22.2 Å². The Morgan fingerprint density at radius 2 is 2.04 bits per heavy atom. The molecule has 6 heteroatoms. The Morgan fingerprint density at radius 3 is 2.80 bits per heavy atom. The summed E-state index contributed by atoms with van der Waals surface area (Å²) < 4.78 is 6.48. The molecule has 0 unspecified atom stereocenters. The van der Waals surface area contributed by atoms with Crippen LogP contribution >= 0.6 is 11.3 Å². The first-order valence-electron chi connectivity index (χ1n) is 8.39. The van der Waals surface area contributed by atoms with Crippen molar-refractivity contribution in [1.29, 1.82) is 0 Å². The van der Waals surface area contributed by atoms with Gasteiger partial charge in [-0.2, -0.15) is 0 Å².